The summed E-state index contributed by atoms with van der Waals surface area (Å²) in [7, 11) is 1.66. The molecule has 0 bridgehead atoms. The van der Waals surface area contributed by atoms with Gasteiger partial charge in [0.05, 0.1) is 17.3 Å². The summed E-state index contributed by atoms with van der Waals surface area (Å²) < 4.78 is 6.18. The van der Waals surface area contributed by atoms with E-state index in [-0.39, 0.29) is 0 Å². The zero-order chi connectivity index (χ0) is 10.7. The summed E-state index contributed by atoms with van der Waals surface area (Å²) in [6.07, 6.45) is 1.78. The first kappa shape index (κ1) is 10.2. The van der Waals surface area contributed by atoms with Crippen molar-refractivity contribution in [1.29, 1.82) is 0 Å². The second-order valence-electron chi connectivity index (χ2n) is 3.06. The monoisotopic (exact) mass is 263 g/mol. The van der Waals surface area contributed by atoms with Gasteiger partial charge in [-0.05, 0) is 40.2 Å². The summed E-state index contributed by atoms with van der Waals surface area (Å²) in [6, 6.07) is 11.8. The Balaban J connectivity index is 2.46. The van der Waals surface area contributed by atoms with Gasteiger partial charge in [-0.25, -0.2) is 0 Å². The van der Waals surface area contributed by atoms with Crippen molar-refractivity contribution in [2.45, 2.75) is 0 Å². The van der Waals surface area contributed by atoms with Crippen LogP contribution in [0, 0.1) is 0 Å². The second kappa shape index (κ2) is 4.45. The van der Waals surface area contributed by atoms with Crippen molar-refractivity contribution in [2.24, 2.45) is 0 Å². The standard InChI is InChI=1S/C12H10BrNO/c1-15-12-8-9(5-6-10(12)13)11-4-2-3-7-14-11/h2-8H,1H3. The molecule has 0 spiro atoms. The average molecular weight is 264 g/mol. The number of nitrogens with zero attached hydrogens (tertiary/aromatic N) is 1. The number of rotatable bonds is 2. The molecule has 2 rings (SSSR count). The highest BCUT2D eigenvalue weighted by Gasteiger charge is 2.03. The Morgan fingerprint density at radius 1 is 1.20 bits per heavy atom. The van der Waals surface area contributed by atoms with Crippen LogP contribution in [-0.2, 0) is 0 Å². The molecule has 0 radical (unpaired) electrons. The van der Waals surface area contributed by atoms with Crippen molar-refractivity contribution in [3.63, 3.8) is 0 Å². The number of aromatic nitrogens is 1. The van der Waals surface area contributed by atoms with Gasteiger partial charge in [0.25, 0.3) is 0 Å². The largest absolute Gasteiger partial charge is 0.496 e. The molecule has 0 aliphatic rings. The highest BCUT2D eigenvalue weighted by Crippen LogP contribution is 2.29. The predicted octanol–water partition coefficient (Wildman–Crippen LogP) is 3.52. The molecule has 1 heterocycles. The Morgan fingerprint density at radius 2 is 2.07 bits per heavy atom. The van der Waals surface area contributed by atoms with Crippen LogP contribution >= 0.6 is 15.9 Å². The Bertz CT molecular complexity index is 456. The Kier molecular flexibility index (Phi) is 3.02. The van der Waals surface area contributed by atoms with E-state index >= 15 is 0 Å². The van der Waals surface area contributed by atoms with Crippen LogP contribution in [0.1, 0.15) is 0 Å². The van der Waals surface area contributed by atoms with Crippen molar-refractivity contribution in [2.75, 3.05) is 7.11 Å². The van der Waals surface area contributed by atoms with Crippen LogP contribution in [-0.4, -0.2) is 12.1 Å². The zero-order valence-corrected chi connectivity index (χ0v) is 9.86. The molecule has 0 atom stereocenters. The summed E-state index contributed by atoms with van der Waals surface area (Å²) in [5, 5.41) is 0. The molecule has 0 saturated carbocycles. The topological polar surface area (TPSA) is 22.1 Å². The van der Waals surface area contributed by atoms with E-state index in [2.05, 4.69) is 20.9 Å². The summed E-state index contributed by atoms with van der Waals surface area (Å²) in [5.74, 6) is 0.818. The first-order valence-corrected chi connectivity index (χ1v) is 5.35. The van der Waals surface area contributed by atoms with Crippen molar-refractivity contribution in [1.82, 2.24) is 4.98 Å². The molecular weight excluding hydrogens is 254 g/mol. The lowest BCUT2D eigenvalue weighted by Crippen LogP contribution is -1.87. The van der Waals surface area contributed by atoms with Crippen molar-refractivity contribution < 1.29 is 4.74 Å². The lowest BCUT2D eigenvalue weighted by atomic mass is 10.1. The molecule has 0 N–H and O–H groups in total. The summed E-state index contributed by atoms with van der Waals surface area (Å²) >= 11 is 3.42. The SMILES string of the molecule is COc1cc(-c2ccccn2)ccc1Br. The van der Waals surface area contributed by atoms with Gasteiger partial charge < -0.3 is 4.74 Å². The molecule has 15 heavy (non-hydrogen) atoms. The Morgan fingerprint density at radius 3 is 2.73 bits per heavy atom. The van der Waals surface area contributed by atoms with E-state index in [9.17, 15) is 0 Å². The van der Waals surface area contributed by atoms with Crippen molar-refractivity contribution in [3.8, 4) is 17.0 Å². The molecule has 0 amide bonds. The van der Waals surface area contributed by atoms with Gasteiger partial charge in [0.15, 0.2) is 0 Å². The normalized spacial score (nSPS) is 10.0. The van der Waals surface area contributed by atoms with Crippen molar-refractivity contribution >= 4 is 15.9 Å². The number of hydrogen-bond donors (Lipinski definition) is 0. The van der Waals surface area contributed by atoms with Crippen LogP contribution in [0.4, 0.5) is 0 Å². The van der Waals surface area contributed by atoms with Gasteiger partial charge in [-0.3, -0.25) is 4.98 Å². The maximum absolute atomic E-state index is 5.23. The smallest absolute Gasteiger partial charge is 0.133 e. The summed E-state index contributed by atoms with van der Waals surface area (Å²) in [4.78, 5) is 4.28. The third-order valence-electron chi connectivity index (χ3n) is 2.11. The van der Waals surface area contributed by atoms with Crippen LogP contribution in [0.15, 0.2) is 47.1 Å². The van der Waals surface area contributed by atoms with Crippen LogP contribution in [0.5, 0.6) is 5.75 Å². The van der Waals surface area contributed by atoms with Gasteiger partial charge in [-0.2, -0.15) is 0 Å². The maximum Gasteiger partial charge on any atom is 0.133 e. The predicted molar refractivity (Wildman–Crippen MR) is 63.9 cm³/mol. The number of halogens is 1. The van der Waals surface area contributed by atoms with E-state index in [0.717, 1.165) is 21.5 Å². The number of methoxy groups -OCH3 is 1. The number of ether oxygens (including phenoxy) is 1. The number of pyridine rings is 1. The Hall–Kier alpha value is -1.35. The molecule has 76 valence electrons. The first-order chi connectivity index (χ1) is 7.31. The van der Waals surface area contributed by atoms with Crippen molar-refractivity contribution in [3.05, 3.63) is 47.1 Å². The lowest BCUT2D eigenvalue weighted by molar-refractivity contribution is 0.412. The van der Waals surface area contributed by atoms with E-state index in [1.807, 2.05) is 36.4 Å². The highest BCUT2D eigenvalue weighted by molar-refractivity contribution is 9.10. The highest BCUT2D eigenvalue weighted by atomic mass is 79.9. The third-order valence-corrected chi connectivity index (χ3v) is 2.77. The minimum absolute atomic E-state index is 0.818. The number of hydrogen-bond acceptors (Lipinski definition) is 2. The second-order valence-corrected chi connectivity index (χ2v) is 3.92. The molecule has 0 aliphatic carbocycles. The van der Waals surface area contributed by atoms with E-state index < -0.39 is 0 Å². The van der Waals surface area contributed by atoms with Crippen LogP contribution < -0.4 is 4.74 Å². The molecule has 2 nitrogen and oxygen atoms in total. The van der Waals surface area contributed by atoms with Crippen LogP contribution in [0.25, 0.3) is 11.3 Å². The molecule has 1 aromatic heterocycles. The fourth-order valence-corrected chi connectivity index (χ4v) is 1.76. The minimum atomic E-state index is 0.818. The van der Waals surface area contributed by atoms with E-state index in [1.54, 1.807) is 13.3 Å². The van der Waals surface area contributed by atoms with Crippen LogP contribution in [0.2, 0.25) is 0 Å². The van der Waals surface area contributed by atoms with Gasteiger partial charge in [0.1, 0.15) is 5.75 Å². The van der Waals surface area contributed by atoms with E-state index in [0.29, 0.717) is 0 Å². The molecule has 0 fully saturated rings. The fourth-order valence-electron chi connectivity index (χ4n) is 1.35. The summed E-state index contributed by atoms with van der Waals surface area (Å²) in [6.45, 7) is 0. The van der Waals surface area contributed by atoms with E-state index in [1.165, 1.54) is 0 Å². The average Bonchev–Trinajstić information content (AvgIpc) is 2.31. The van der Waals surface area contributed by atoms with Gasteiger partial charge in [0.2, 0.25) is 0 Å². The van der Waals surface area contributed by atoms with Gasteiger partial charge in [-0.15, -0.1) is 0 Å². The maximum atomic E-state index is 5.23. The lowest BCUT2D eigenvalue weighted by Gasteiger charge is -2.05. The molecule has 0 saturated heterocycles. The number of benzene rings is 1. The molecular formula is C12H10BrNO. The molecule has 0 aliphatic heterocycles. The van der Waals surface area contributed by atoms with E-state index in [4.69, 9.17) is 4.74 Å². The van der Waals surface area contributed by atoms with Gasteiger partial charge in [-0.1, -0.05) is 12.1 Å². The molecule has 1 aromatic carbocycles. The first-order valence-electron chi connectivity index (χ1n) is 4.56. The fraction of sp³-hybridized carbons (Fsp3) is 0.0833. The van der Waals surface area contributed by atoms with Crippen LogP contribution in [0.3, 0.4) is 0 Å². The quantitative estimate of drug-likeness (QED) is 0.827. The molecule has 2 aromatic rings. The zero-order valence-electron chi connectivity index (χ0n) is 8.27. The minimum Gasteiger partial charge on any atom is -0.496 e. The molecule has 0 unspecified atom stereocenters. The third kappa shape index (κ3) is 2.18. The van der Waals surface area contributed by atoms with Gasteiger partial charge in [0, 0.05) is 11.8 Å². The molecule has 3 heteroatoms. The van der Waals surface area contributed by atoms with Gasteiger partial charge >= 0.3 is 0 Å². The Labute approximate surface area is 97.1 Å². The summed E-state index contributed by atoms with van der Waals surface area (Å²) in [5.41, 5.74) is 2.00.